The van der Waals surface area contributed by atoms with Crippen molar-refractivity contribution in [2.75, 3.05) is 13.7 Å². The number of hydrogen-bond donors (Lipinski definition) is 1. The summed E-state index contributed by atoms with van der Waals surface area (Å²) in [5, 5.41) is 2.92. The maximum atomic E-state index is 13.0. The zero-order chi connectivity index (χ0) is 17.2. The van der Waals surface area contributed by atoms with Gasteiger partial charge in [-0.15, -0.1) is 0 Å². The predicted octanol–water partition coefficient (Wildman–Crippen LogP) is 3.21. The molecule has 0 aliphatic carbocycles. The summed E-state index contributed by atoms with van der Waals surface area (Å²) in [6, 6.07) is 5.33. The summed E-state index contributed by atoms with van der Waals surface area (Å²) in [5.74, 6) is 1.05. The quantitative estimate of drug-likeness (QED) is 0.819. The SMILES string of the molecule is CCC1(c2ccc(OC)c(C)c2)NC(=O)N(CCC(C)C)C1=O. The van der Waals surface area contributed by atoms with Crippen LogP contribution >= 0.6 is 0 Å². The van der Waals surface area contributed by atoms with Crippen LogP contribution in [0.15, 0.2) is 18.2 Å². The topological polar surface area (TPSA) is 58.6 Å². The van der Waals surface area contributed by atoms with E-state index in [0.717, 1.165) is 23.3 Å². The highest BCUT2D eigenvalue weighted by atomic mass is 16.5. The molecule has 2 rings (SSSR count). The standard InChI is InChI=1S/C18H26N2O3/c1-6-18(14-7-8-15(23-5)13(4)11-14)16(21)20(17(22)19-18)10-9-12(2)3/h7-8,11-12H,6,9-10H2,1-5H3,(H,19,22). The number of hydrogen-bond acceptors (Lipinski definition) is 3. The molecule has 1 N–H and O–H groups in total. The normalized spacial score (nSPS) is 21.0. The largest absolute Gasteiger partial charge is 0.496 e. The van der Waals surface area contributed by atoms with Crippen LogP contribution in [0, 0.1) is 12.8 Å². The van der Waals surface area contributed by atoms with Gasteiger partial charge in [0.15, 0.2) is 0 Å². The Labute approximate surface area is 138 Å². The van der Waals surface area contributed by atoms with Crippen LogP contribution in [0.3, 0.4) is 0 Å². The van der Waals surface area contributed by atoms with Crippen LogP contribution in [-0.2, 0) is 10.3 Å². The number of imide groups is 1. The van der Waals surface area contributed by atoms with E-state index in [4.69, 9.17) is 4.74 Å². The number of urea groups is 1. The minimum Gasteiger partial charge on any atom is -0.496 e. The second-order valence-corrected chi connectivity index (χ2v) is 6.51. The van der Waals surface area contributed by atoms with Gasteiger partial charge in [0.1, 0.15) is 11.3 Å². The molecule has 126 valence electrons. The number of aryl methyl sites for hydroxylation is 1. The van der Waals surface area contributed by atoms with E-state index in [2.05, 4.69) is 19.2 Å². The van der Waals surface area contributed by atoms with E-state index in [9.17, 15) is 9.59 Å². The van der Waals surface area contributed by atoms with Crippen molar-refractivity contribution in [1.29, 1.82) is 0 Å². The van der Waals surface area contributed by atoms with Gasteiger partial charge in [-0.2, -0.15) is 0 Å². The molecule has 0 radical (unpaired) electrons. The van der Waals surface area contributed by atoms with Crippen molar-refractivity contribution >= 4 is 11.9 Å². The summed E-state index contributed by atoms with van der Waals surface area (Å²) in [6.45, 7) is 8.48. The Morgan fingerprint density at radius 1 is 1.30 bits per heavy atom. The third-order valence-electron chi connectivity index (χ3n) is 4.52. The molecular weight excluding hydrogens is 292 g/mol. The number of methoxy groups -OCH3 is 1. The van der Waals surface area contributed by atoms with Gasteiger partial charge in [-0.05, 0) is 48.9 Å². The number of nitrogens with one attached hydrogen (secondary N) is 1. The van der Waals surface area contributed by atoms with Crippen LogP contribution in [0.4, 0.5) is 4.79 Å². The summed E-state index contributed by atoms with van der Waals surface area (Å²) >= 11 is 0. The van der Waals surface area contributed by atoms with Crippen molar-refractivity contribution in [3.8, 4) is 5.75 Å². The number of amides is 3. The molecule has 5 heteroatoms. The maximum Gasteiger partial charge on any atom is 0.325 e. The van der Waals surface area contributed by atoms with E-state index in [0.29, 0.717) is 18.9 Å². The van der Waals surface area contributed by atoms with Gasteiger partial charge < -0.3 is 10.1 Å². The Balaban J connectivity index is 2.36. The smallest absolute Gasteiger partial charge is 0.325 e. The molecule has 0 aromatic heterocycles. The highest BCUT2D eigenvalue weighted by Gasteiger charge is 2.51. The number of ether oxygens (including phenoxy) is 1. The van der Waals surface area contributed by atoms with Crippen LogP contribution in [0.2, 0.25) is 0 Å². The van der Waals surface area contributed by atoms with Gasteiger partial charge >= 0.3 is 6.03 Å². The lowest BCUT2D eigenvalue weighted by molar-refractivity contribution is -0.131. The Morgan fingerprint density at radius 3 is 2.52 bits per heavy atom. The Bertz CT molecular complexity index is 612. The number of carbonyl (C=O) groups is 2. The minimum absolute atomic E-state index is 0.157. The molecular formula is C18H26N2O3. The fraction of sp³-hybridized carbons (Fsp3) is 0.556. The van der Waals surface area contributed by atoms with Crippen molar-refractivity contribution < 1.29 is 14.3 Å². The molecule has 1 heterocycles. The molecule has 1 atom stereocenters. The van der Waals surface area contributed by atoms with Gasteiger partial charge in [0.25, 0.3) is 5.91 Å². The average Bonchev–Trinajstić information content (AvgIpc) is 2.76. The van der Waals surface area contributed by atoms with Crippen molar-refractivity contribution in [2.45, 2.75) is 46.1 Å². The lowest BCUT2D eigenvalue weighted by atomic mass is 9.86. The number of carbonyl (C=O) groups excluding carboxylic acids is 2. The molecule has 1 aromatic rings. The average molecular weight is 318 g/mol. The van der Waals surface area contributed by atoms with E-state index >= 15 is 0 Å². The van der Waals surface area contributed by atoms with Gasteiger partial charge in [-0.1, -0.05) is 26.8 Å². The van der Waals surface area contributed by atoms with Gasteiger partial charge in [0.05, 0.1) is 7.11 Å². The molecule has 1 fully saturated rings. The lowest BCUT2D eigenvalue weighted by Crippen LogP contribution is -2.43. The molecule has 1 aliphatic rings. The van der Waals surface area contributed by atoms with Gasteiger partial charge in [-0.25, -0.2) is 4.79 Å². The van der Waals surface area contributed by atoms with E-state index in [1.165, 1.54) is 4.90 Å². The summed E-state index contributed by atoms with van der Waals surface area (Å²) in [5.41, 5.74) is 0.787. The zero-order valence-corrected chi connectivity index (χ0v) is 14.6. The third-order valence-corrected chi connectivity index (χ3v) is 4.52. The monoisotopic (exact) mass is 318 g/mol. The Kier molecular flexibility index (Phi) is 4.97. The first-order valence-electron chi connectivity index (χ1n) is 8.15. The van der Waals surface area contributed by atoms with Crippen LogP contribution in [0.1, 0.15) is 44.7 Å². The summed E-state index contributed by atoms with van der Waals surface area (Å²) in [4.78, 5) is 26.6. The molecule has 1 saturated heterocycles. The second-order valence-electron chi connectivity index (χ2n) is 6.51. The van der Waals surface area contributed by atoms with E-state index in [1.807, 2.05) is 32.0 Å². The van der Waals surface area contributed by atoms with Gasteiger partial charge in [-0.3, -0.25) is 9.69 Å². The van der Waals surface area contributed by atoms with Crippen LogP contribution in [0.25, 0.3) is 0 Å². The fourth-order valence-corrected chi connectivity index (χ4v) is 3.00. The molecule has 1 unspecified atom stereocenters. The molecule has 0 saturated carbocycles. The summed E-state index contributed by atoms with van der Waals surface area (Å²) in [7, 11) is 1.62. The van der Waals surface area contributed by atoms with Crippen molar-refractivity contribution in [1.82, 2.24) is 10.2 Å². The summed E-state index contributed by atoms with van der Waals surface area (Å²) < 4.78 is 5.28. The van der Waals surface area contributed by atoms with Gasteiger partial charge in [0.2, 0.25) is 0 Å². The first-order chi connectivity index (χ1) is 10.9. The van der Waals surface area contributed by atoms with Crippen LogP contribution < -0.4 is 10.1 Å². The first kappa shape index (κ1) is 17.3. The molecule has 23 heavy (non-hydrogen) atoms. The van der Waals surface area contributed by atoms with Crippen molar-refractivity contribution in [2.24, 2.45) is 5.92 Å². The van der Waals surface area contributed by atoms with Gasteiger partial charge in [0, 0.05) is 6.54 Å². The molecule has 0 spiro atoms. The summed E-state index contributed by atoms with van der Waals surface area (Å²) in [6.07, 6.45) is 1.32. The molecule has 3 amide bonds. The number of rotatable bonds is 6. The fourth-order valence-electron chi connectivity index (χ4n) is 3.00. The zero-order valence-electron chi connectivity index (χ0n) is 14.6. The van der Waals surface area contributed by atoms with E-state index < -0.39 is 5.54 Å². The molecule has 1 aromatic carbocycles. The Morgan fingerprint density at radius 2 is 2.00 bits per heavy atom. The maximum absolute atomic E-state index is 13.0. The number of nitrogens with zero attached hydrogens (tertiary/aromatic N) is 1. The molecule has 0 bridgehead atoms. The highest BCUT2D eigenvalue weighted by molar-refractivity contribution is 6.07. The van der Waals surface area contributed by atoms with Crippen molar-refractivity contribution in [3.05, 3.63) is 29.3 Å². The van der Waals surface area contributed by atoms with Crippen molar-refractivity contribution in [3.63, 3.8) is 0 Å². The molecule has 1 aliphatic heterocycles. The Hall–Kier alpha value is -2.04. The van der Waals surface area contributed by atoms with E-state index in [-0.39, 0.29) is 11.9 Å². The van der Waals surface area contributed by atoms with Crippen LogP contribution in [0.5, 0.6) is 5.75 Å². The lowest BCUT2D eigenvalue weighted by Gasteiger charge is -2.26. The predicted molar refractivity (Wildman–Crippen MR) is 89.4 cm³/mol. The number of benzene rings is 1. The first-order valence-corrected chi connectivity index (χ1v) is 8.15. The minimum atomic E-state index is -0.967. The third kappa shape index (κ3) is 3.05. The second kappa shape index (κ2) is 6.60. The highest BCUT2D eigenvalue weighted by Crippen LogP contribution is 2.34. The molecule has 5 nitrogen and oxygen atoms in total. The van der Waals surface area contributed by atoms with E-state index in [1.54, 1.807) is 7.11 Å². The van der Waals surface area contributed by atoms with Crippen LogP contribution in [-0.4, -0.2) is 30.5 Å².